The van der Waals surface area contributed by atoms with E-state index in [0.29, 0.717) is 11.1 Å². The number of hydrogen-bond donors (Lipinski definition) is 2. The van der Waals surface area contributed by atoms with Crippen LogP contribution in [0, 0.1) is 6.92 Å². The van der Waals surface area contributed by atoms with Crippen molar-refractivity contribution in [1.29, 1.82) is 0 Å². The topological polar surface area (TPSA) is 92.7 Å². The van der Waals surface area contributed by atoms with E-state index in [1.807, 2.05) is 0 Å². The van der Waals surface area contributed by atoms with Gasteiger partial charge >= 0.3 is 11.9 Å². The number of rotatable bonds is 4. The SMILES string of the molecule is COC(=O)c1cc(C)sc1NC(=O)/C=C\C(=O)O. The summed E-state index contributed by atoms with van der Waals surface area (Å²) in [6.45, 7) is 1.78. The number of anilines is 1. The number of carboxylic acids is 1. The van der Waals surface area contributed by atoms with Crippen LogP contribution in [0.2, 0.25) is 0 Å². The summed E-state index contributed by atoms with van der Waals surface area (Å²) in [7, 11) is 1.24. The second-order valence-corrected chi connectivity index (χ2v) is 4.51. The molecule has 1 aromatic rings. The molecular formula is C11H11NO5S. The van der Waals surface area contributed by atoms with Gasteiger partial charge in [-0.25, -0.2) is 9.59 Å². The van der Waals surface area contributed by atoms with Crippen LogP contribution in [0.3, 0.4) is 0 Å². The average Bonchev–Trinajstić information content (AvgIpc) is 2.66. The maximum atomic E-state index is 11.4. The molecular weight excluding hydrogens is 258 g/mol. The molecule has 1 rings (SSSR count). The fourth-order valence-electron chi connectivity index (χ4n) is 1.17. The van der Waals surface area contributed by atoms with Gasteiger partial charge in [-0.2, -0.15) is 0 Å². The van der Waals surface area contributed by atoms with Gasteiger partial charge in [-0.05, 0) is 13.0 Å². The third-order valence-corrected chi connectivity index (χ3v) is 2.84. The smallest absolute Gasteiger partial charge is 0.340 e. The van der Waals surface area contributed by atoms with Crippen LogP contribution in [0.5, 0.6) is 0 Å². The molecule has 0 radical (unpaired) electrons. The lowest BCUT2D eigenvalue weighted by Crippen LogP contribution is -2.11. The zero-order valence-electron chi connectivity index (χ0n) is 9.72. The zero-order valence-corrected chi connectivity index (χ0v) is 10.5. The van der Waals surface area contributed by atoms with Crippen LogP contribution in [0.25, 0.3) is 0 Å². The summed E-state index contributed by atoms with van der Waals surface area (Å²) < 4.78 is 4.57. The van der Waals surface area contributed by atoms with Crippen LogP contribution in [0.1, 0.15) is 15.2 Å². The number of carbonyl (C=O) groups excluding carboxylic acids is 2. The lowest BCUT2D eigenvalue weighted by molar-refractivity contribution is -0.131. The van der Waals surface area contributed by atoms with E-state index >= 15 is 0 Å². The summed E-state index contributed by atoms with van der Waals surface area (Å²) in [5.41, 5.74) is 0.247. The van der Waals surface area contributed by atoms with Crippen LogP contribution < -0.4 is 5.32 Å². The number of nitrogens with one attached hydrogen (secondary N) is 1. The molecule has 7 heteroatoms. The Balaban J connectivity index is 2.87. The van der Waals surface area contributed by atoms with Crippen LogP contribution >= 0.6 is 11.3 Å². The van der Waals surface area contributed by atoms with Gasteiger partial charge in [0.25, 0.3) is 0 Å². The van der Waals surface area contributed by atoms with Gasteiger partial charge in [-0.1, -0.05) is 0 Å². The number of ether oxygens (including phenoxy) is 1. The first-order chi connectivity index (χ1) is 8.43. The van der Waals surface area contributed by atoms with Gasteiger partial charge in [-0.3, -0.25) is 4.79 Å². The Kier molecular flexibility index (Phi) is 4.61. The minimum atomic E-state index is -1.22. The molecule has 18 heavy (non-hydrogen) atoms. The van der Waals surface area contributed by atoms with Gasteiger partial charge in [0.05, 0.1) is 12.7 Å². The number of amides is 1. The maximum absolute atomic E-state index is 11.4. The van der Waals surface area contributed by atoms with Crippen molar-refractivity contribution >= 4 is 34.2 Å². The highest BCUT2D eigenvalue weighted by Crippen LogP contribution is 2.28. The number of aryl methyl sites for hydroxylation is 1. The summed E-state index contributed by atoms with van der Waals surface area (Å²) in [5.74, 6) is -2.40. The van der Waals surface area contributed by atoms with Crippen molar-refractivity contribution in [3.05, 3.63) is 28.7 Å². The Bertz CT molecular complexity index is 518. The van der Waals surface area contributed by atoms with Gasteiger partial charge in [0.2, 0.25) is 5.91 Å². The van der Waals surface area contributed by atoms with Crippen LogP contribution in [-0.2, 0) is 14.3 Å². The molecule has 0 bridgehead atoms. The van der Waals surface area contributed by atoms with Crippen molar-refractivity contribution < 1.29 is 24.2 Å². The Labute approximate surface area is 107 Å². The highest BCUT2D eigenvalue weighted by Gasteiger charge is 2.16. The molecule has 0 aliphatic heterocycles. The summed E-state index contributed by atoms with van der Waals surface area (Å²) in [5, 5.41) is 11.1. The molecule has 0 saturated carbocycles. The Morgan fingerprint density at radius 3 is 2.61 bits per heavy atom. The quantitative estimate of drug-likeness (QED) is 0.637. The van der Waals surface area contributed by atoms with Crippen molar-refractivity contribution in [2.45, 2.75) is 6.92 Å². The highest BCUT2D eigenvalue weighted by atomic mass is 32.1. The number of aliphatic carboxylic acids is 1. The molecule has 0 aliphatic carbocycles. The number of methoxy groups -OCH3 is 1. The van der Waals surface area contributed by atoms with E-state index in [2.05, 4.69) is 10.1 Å². The van der Waals surface area contributed by atoms with E-state index in [1.165, 1.54) is 18.4 Å². The molecule has 0 atom stereocenters. The van der Waals surface area contributed by atoms with Crippen molar-refractivity contribution in [3.63, 3.8) is 0 Å². The van der Waals surface area contributed by atoms with Crippen LogP contribution in [-0.4, -0.2) is 30.1 Å². The van der Waals surface area contributed by atoms with Crippen molar-refractivity contribution in [3.8, 4) is 0 Å². The van der Waals surface area contributed by atoms with Crippen molar-refractivity contribution in [2.75, 3.05) is 12.4 Å². The molecule has 0 unspecified atom stereocenters. The molecule has 2 N–H and O–H groups in total. The van der Waals surface area contributed by atoms with Crippen molar-refractivity contribution in [2.24, 2.45) is 0 Å². The molecule has 1 heterocycles. The third kappa shape index (κ3) is 3.70. The Hall–Kier alpha value is -2.15. The summed E-state index contributed by atoms with van der Waals surface area (Å²) in [6.07, 6.45) is 1.59. The van der Waals surface area contributed by atoms with Gasteiger partial charge in [0.1, 0.15) is 5.00 Å². The largest absolute Gasteiger partial charge is 0.478 e. The second kappa shape index (κ2) is 5.97. The third-order valence-electron chi connectivity index (χ3n) is 1.87. The molecule has 0 aromatic carbocycles. The molecule has 0 saturated heterocycles. The van der Waals surface area contributed by atoms with Crippen LogP contribution in [0.15, 0.2) is 18.2 Å². The lowest BCUT2D eigenvalue weighted by atomic mass is 10.3. The predicted molar refractivity (Wildman–Crippen MR) is 65.8 cm³/mol. The fourth-order valence-corrected chi connectivity index (χ4v) is 2.07. The maximum Gasteiger partial charge on any atom is 0.340 e. The van der Waals surface area contributed by atoms with Gasteiger partial charge in [-0.15, -0.1) is 11.3 Å². The first-order valence-electron chi connectivity index (χ1n) is 4.84. The monoisotopic (exact) mass is 269 g/mol. The number of carboxylic acid groups (broad SMARTS) is 1. The van der Waals surface area contributed by atoms with Gasteiger partial charge in [0, 0.05) is 17.0 Å². The first kappa shape index (κ1) is 13.9. The van der Waals surface area contributed by atoms with Crippen LogP contribution in [0.4, 0.5) is 5.00 Å². The number of carbonyl (C=O) groups is 3. The standard InChI is InChI=1S/C11H11NO5S/c1-6-5-7(11(16)17-2)10(18-6)12-8(13)3-4-9(14)15/h3-5H,1-2H3,(H,12,13)(H,14,15)/b4-3-. The first-order valence-corrected chi connectivity index (χ1v) is 5.66. The van der Waals surface area contributed by atoms with Gasteiger partial charge in [0.15, 0.2) is 0 Å². The number of thiophene rings is 1. The van der Waals surface area contributed by atoms with E-state index in [9.17, 15) is 14.4 Å². The lowest BCUT2D eigenvalue weighted by Gasteiger charge is -2.01. The number of esters is 1. The number of hydrogen-bond acceptors (Lipinski definition) is 5. The van der Waals surface area contributed by atoms with Gasteiger partial charge < -0.3 is 15.2 Å². The molecule has 0 spiro atoms. The van der Waals surface area contributed by atoms with E-state index in [-0.39, 0.29) is 5.56 Å². The molecule has 6 nitrogen and oxygen atoms in total. The minimum absolute atomic E-state index is 0.247. The van der Waals surface area contributed by atoms with Crippen molar-refractivity contribution in [1.82, 2.24) is 0 Å². The minimum Gasteiger partial charge on any atom is -0.478 e. The van der Waals surface area contributed by atoms with E-state index < -0.39 is 17.8 Å². The molecule has 0 aliphatic rings. The van der Waals surface area contributed by atoms with E-state index in [0.717, 1.165) is 11.0 Å². The normalized spacial score (nSPS) is 10.3. The summed E-state index contributed by atoms with van der Waals surface area (Å²) in [6, 6.07) is 1.59. The Morgan fingerprint density at radius 2 is 2.06 bits per heavy atom. The molecule has 1 amide bonds. The second-order valence-electron chi connectivity index (χ2n) is 3.25. The van der Waals surface area contributed by atoms with E-state index in [1.54, 1.807) is 13.0 Å². The molecule has 1 aromatic heterocycles. The predicted octanol–water partition coefficient (Wildman–Crippen LogP) is 1.42. The summed E-state index contributed by atoms with van der Waals surface area (Å²) in [4.78, 5) is 33.9. The zero-order chi connectivity index (χ0) is 13.7. The van der Waals surface area contributed by atoms with E-state index in [4.69, 9.17) is 5.11 Å². The fraction of sp³-hybridized carbons (Fsp3) is 0.182. The molecule has 96 valence electrons. The molecule has 0 fully saturated rings. The Morgan fingerprint density at radius 1 is 1.39 bits per heavy atom. The highest BCUT2D eigenvalue weighted by molar-refractivity contribution is 7.16. The average molecular weight is 269 g/mol. The summed E-state index contributed by atoms with van der Waals surface area (Å²) >= 11 is 1.21.